The standard InChI is InChI=1S/C10H12N2O/c1-7-5-6-8-3-2-4-9(13)12-10(8)11-7/h5-6H,2-4H2,1H3,(H,11,12,13). The second kappa shape index (κ2) is 3.17. The van der Waals surface area contributed by atoms with Crippen LogP contribution in [0.25, 0.3) is 0 Å². The van der Waals surface area contributed by atoms with Gasteiger partial charge in [-0.15, -0.1) is 0 Å². The highest BCUT2D eigenvalue weighted by molar-refractivity contribution is 5.91. The Morgan fingerprint density at radius 1 is 1.38 bits per heavy atom. The van der Waals surface area contributed by atoms with Gasteiger partial charge < -0.3 is 5.32 Å². The maximum Gasteiger partial charge on any atom is 0.225 e. The van der Waals surface area contributed by atoms with Crippen molar-refractivity contribution in [3.63, 3.8) is 0 Å². The third-order valence-corrected chi connectivity index (χ3v) is 2.23. The lowest BCUT2D eigenvalue weighted by Crippen LogP contribution is -2.10. The van der Waals surface area contributed by atoms with E-state index < -0.39 is 0 Å². The Balaban J connectivity index is 2.40. The van der Waals surface area contributed by atoms with Crippen molar-refractivity contribution in [1.82, 2.24) is 4.98 Å². The molecule has 0 radical (unpaired) electrons. The van der Waals surface area contributed by atoms with Crippen LogP contribution in [0, 0.1) is 6.92 Å². The predicted octanol–water partition coefficient (Wildman–Crippen LogP) is 1.66. The van der Waals surface area contributed by atoms with Crippen LogP contribution in [0.1, 0.15) is 24.1 Å². The van der Waals surface area contributed by atoms with E-state index in [4.69, 9.17) is 0 Å². The number of carbonyl (C=O) groups excluding carboxylic acids is 1. The van der Waals surface area contributed by atoms with Gasteiger partial charge >= 0.3 is 0 Å². The molecule has 1 N–H and O–H groups in total. The van der Waals surface area contributed by atoms with E-state index in [0.29, 0.717) is 6.42 Å². The molecular formula is C10H12N2O. The third kappa shape index (κ3) is 1.69. The van der Waals surface area contributed by atoms with Crippen LogP contribution in [0.4, 0.5) is 5.82 Å². The lowest BCUT2D eigenvalue weighted by atomic mass is 10.1. The molecule has 2 heterocycles. The number of pyridine rings is 1. The summed E-state index contributed by atoms with van der Waals surface area (Å²) in [7, 11) is 0. The van der Waals surface area contributed by atoms with Crippen LogP contribution < -0.4 is 5.32 Å². The summed E-state index contributed by atoms with van der Waals surface area (Å²) in [4.78, 5) is 15.5. The third-order valence-electron chi connectivity index (χ3n) is 2.23. The molecule has 0 spiro atoms. The smallest absolute Gasteiger partial charge is 0.225 e. The maximum absolute atomic E-state index is 11.2. The van der Waals surface area contributed by atoms with Crippen molar-refractivity contribution >= 4 is 11.7 Å². The van der Waals surface area contributed by atoms with Crippen LogP contribution in [-0.2, 0) is 11.2 Å². The van der Waals surface area contributed by atoms with Crippen LogP contribution in [0.15, 0.2) is 12.1 Å². The molecule has 3 heteroatoms. The van der Waals surface area contributed by atoms with Crippen LogP contribution >= 0.6 is 0 Å². The minimum atomic E-state index is 0.0804. The van der Waals surface area contributed by atoms with Crippen molar-refractivity contribution < 1.29 is 4.79 Å². The number of amides is 1. The summed E-state index contributed by atoms with van der Waals surface area (Å²) >= 11 is 0. The molecule has 13 heavy (non-hydrogen) atoms. The summed E-state index contributed by atoms with van der Waals surface area (Å²) in [5.74, 6) is 0.833. The first-order valence-corrected chi connectivity index (χ1v) is 4.52. The number of anilines is 1. The first-order valence-electron chi connectivity index (χ1n) is 4.52. The van der Waals surface area contributed by atoms with E-state index in [-0.39, 0.29) is 5.91 Å². The summed E-state index contributed by atoms with van der Waals surface area (Å²) in [6, 6.07) is 4.03. The van der Waals surface area contributed by atoms with E-state index in [2.05, 4.69) is 10.3 Å². The quantitative estimate of drug-likeness (QED) is 0.653. The normalized spacial score (nSPS) is 15.9. The van der Waals surface area contributed by atoms with Gasteiger partial charge in [0, 0.05) is 12.1 Å². The van der Waals surface area contributed by atoms with Gasteiger partial charge in [0.15, 0.2) is 0 Å². The van der Waals surface area contributed by atoms with Gasteiger partial charge in [-0.25, -0.2) is 4.98 Å². The number of rotatable bonds is 0. The monoisotopic (exact) mass is 176 g/mol. The molecule has 0 aromatic carbocycles. The van der Waals surface area contributed by atoms with Crippen LogP contribution in [0.5, 0.6) is 0 Å². The number of nitrogens with zero attached hydrogens (tertiary/aromatic N) is 1. The minimum Gasteiger partial charge on any atom is -0.310 e. The Morgan fingerprint density at radius 3 is 3.08 bits per heavy atom. The highest BCUT2D eigenvalue weighted by Gasteiger charge is 2.13. The van der Waals surface area contributed by atoms with Crippen molar-refractivity contribution in [2.45, 2.75) is 26.2 Å². The van der Waals surface area contributed by atoms with Gasteiger partial charge in [0.1, 0.15) is 5.82 Å². The number of nitrogens with one attached hydrogen (secondary N) is 1. The Morgan fingerprint density at radius 2 is 2.23 bits per heavy atom. The molecular weight excluding hydrogens is 164 g/mol. The van der Waals surface area contributed by atoms with Crippen molar-refractivity contribution in [2.75, 3.05) is 5.32 Å². The Labute approximate surface area is 77.2 Å². The molecule has 2 rings (SSSR count). The van der Waals surface area contributed by atoms with Gasteiger partial charge in [-0.1, -0.05) is 6.07 Å². The van der Waals surface area contributed by atoms with E-state index in [0.717, 1.165) is 29.9 Å². The van der Waals surface area contributed by atoms with E-state index in [9.17, 15) is 4.79 Å². The van der Waals surface area contributed by atoms with Gasteiger partial charge in [0.05, 0.1) is 0 Å². The topological polar surface area (TPSA) is 42.0 Å². The predicted molar refractivity (Wildman–Crippen MR) is 50.5 cm³/mol. The molecule has 0 bridgehead atoms. The van der Waals surface area contributed by atoms with E-state index in [1.165, 1.54) is 0 Å². The van der Waals surface area contributed by atoms with E-state index in [1.807, 2.05) is 19.1 Å². The maximum atomic E-state index is 11.2. The first-order chi connectivity index (χ1) is 6.25. The SMILES string of the molecule is Cc1ccc2c(n1)NC(=O)CCC2. The second-order valence-corrected chi connectivity index (χ2v) is 3.36. The zero-order chi connectivity index (χ0) is 9.26. The van der Waals surface area contributed by atoms with Crippen LogP contribution in [0.3, 0.4) is 0 Å². The molecule has 68 valence electrons. The van der Waals surface area contributed by atoms with E-state index in [1.54, 1.807) is 0 Å². The number of fused-ring (bicyclic) bond motifs is 1. The van der Waals surface area contributed by atoms with Crippen molar-refractivity contribution in [1.29, 1.82) is 0 Å². The highest BCUT2D eigenvalue weighted by atomic mass is 16.1. The number of carbonyl (C=O) groups is 1. The second-order valence-electron chi connectivity index (χ2n) is 3.36. The molecule has 0 atom stereocenters. The minimum absolute atomic E-state index is 0.0804. The Bertz CT molecular complexity index is 347. The summed E-state index contributed by atoms with van der Waals surface area (Å²) in [6.45, 7) is 1.93. The van der Waals surface area contributed by atoms with Gasteiger partial charge in [-0.2, -0.15) is 0 Å². The fourth-order valence-electron chi connectivity index (χ4n) is 1.53. The molecule has 0 saturated heterocycles. The Kier molecular flexibility index (Phi) is 2.00. The molecule has 3 nitrogen and oxygen atoms in total. The number of hydrogen-bond acceptors (Lipinski definition) is 2. The lowest BCUT2D eigenvalue weighted by molar-refractivity contribution is -0.116. The van der Waals surface area contributed by atoms with Gasteiger partial charge in [-0.3, -0.25) is 4.79 Å². The molecule has 1 amide bonds. The lowest BCUT2D eigenvalue weighted by Gasteiger charge is -2.05. The molecule has 1 aromatic rings. The highest BCUT2D eigenvalue weighted by Crippen LogP contribution is 2.19. The van der Waals surface area contributed by atoms with Crippen molar-refractivity contribution in [2.24, 2.45) is 0 Å². The first kappa shape index (κ1) is 8.23. The molecule has 1 aliphatic rings. The van der Waals surface area contributed by atoms with E-state index >= 15 is 0 Å². The number of hydrogen-bond donors (Lipinski definition) is 1. The fraction of sp³-hybridized carbons (Fsp3) is 0.400. The van der Waals surface area contributed by atoms with Crippen molar-refractivity contribution in [3.05, 3.63) is 23.4 Å². The average Bonchev–Trinajstić information content (AvgIpc) is 2.25. The van der Waals surface area contributed by atoms with Crippen LogP contribution in [0.2, 0.25) is 0 Å². The molecule has 0 saturated carbocycles. The van der Waals surface area contributed by atoms with Crippen molar-refractivity contribution in [3.8, 4) is 0 Å². The zero-order valence-corrected chi connectivity index (χ0v) is 7.63. The van der Waals surface area contributed by atoms with Gasteiger partial charge in [-0.05, 0) is 31.4 Å². The summed E-state index contributed by atoms with van der Waals surface area (Å²) in [5.41, 5.74) is 2.09. The molecule has 1 aliphatic heterocycles. The van der Waals surface area contributed by atoms with Gasteiger partial charge in [0.25, 0.3) is 0 Å². The average molecular weight is 176 g/mol. The van der Waals surface area contributed by atoms with Gasteiger partial charge in [0.2, 0.25) is 5.91 Å². The fourth-order valence-corrected chi connectivity index (χ4v) is 1.53. The zero-order valence-electron chi connectivity index (χ0n) is 7.63. The largest absolute Gasteiger partial charge is 0.310 e. The number of aryl methyl sites for hydroxylation is 2. The number of aromatic nitrogens is 1. The molecule has 0 unspecified atom stereocenters. The Hall–Kier alpha value is -1.38. The molecule has 0 fully saturated rings. The summed E-state index contributed by atoms with van der Waals surface area (Å²) in [6.07, 6.45) is 2.47. The summed E-state index contributed by atoms with van der Waals surface area (Å²) in [5, 5.41) is 2.81. The summed E-state index contributed by atoms with van der Waals surface area (Å²) < 4.78 is 0. The van der Waals surface area contributed by atoms with Crippen LogP contribution in [-0.4, -0.2) is 10.9 Å². The molecule has 1 aromatic heterocycles. The molecule has 0 aliphatic carbocycles.